The Morgan fingerprint density at radius 2 is 1.35 bits per heavy atom. The smallest absolute Gasteiger partial charge is 0.305 e. The summed E-state index contributed by atoms with van der Waals surface area (Å²) in [6.45, 7) is 9.17. The monoisotopic (exact) mass is 632 g/mol. The number of hydrogen-bond acceptors (Lipinski definition) is 13. The van der Waals surface area contributed by atoms with Gasteiger partial charge in [0.15, 0.2) is 0 Å². The number of nitrogens with two attached hydrogens (primary N) is 2. The second-order valence-corrected chi connectivity index (χ2v) is 11.8. The third kappa shape index (κ3) is 11.1. The highest BCUT2D eigenvalue weighted by molar-refractivity contribution is 8.79. The third-order valence-electron chi connectivity index (χ3n) is 6.27. The third-order valence-corrected chi connectivity index (χ3v) is 9.21. The van der Waals surface area contributed by atoms with Crippen LogP contribution in [0.5, 0.6) is 0 Å². The Bertz CT molecular complexity index is 1340. The first kappa shape index (κ1) is 35.5. The summed E-state index contributed by atoms with van der Waals surface area (Å²) < 4.78 is 5.40. The van der Waals surface area contributed by atoms with E-state index in [2.05, 4.69) is 19.9 Å². The van der Waals surface area contributed by atoms with Gasteiger partial charge in [-0.05, 0) is 34.1 Å². The quantitative estimate of drug-likeness (QED) is 0.123. The number of nitrogens with zero attached hydrogens (tertiary/aromatic N) is 6. The number of rotatable bonds is 18. The summed E-state index contributed by atoms with van der Waals surface area (Å²) in [5.74, 6) is 1.31. The number of carbonyl (C=O) groups is 3. The zero-order valence-electron chi connectivity index (χ0n) is 25.2. The first-order valence-electron chi connectivity index (χ1n) is 13.6. The molecule has 2 heterocycles. The lowest BCUT2D eigenvalue weighted by molar-refractivity contribution is -0.143. The average Bonchev–Trinajstić information content (AvgIpc) is 2.97. The number of amides is 2. The average molecular weight is 633 g/mol. The lowest BCUT2D eigenvalue weighted by atomic mass is 10.2. The minimum atomic E-state index is -0.299. The van der Waals surface area contributed by atoms with E-state index in [-0.39, 0.29) is 50.3 Å². The van der Waals surface area contributed by atoms with Crippen molar-refractivity contribution in [2.45, 2.75) is 73.4 Å². The highest BCUT2D eigenvalue weighted by Crippen LogP contribution is 2.43. The van der Waals surface area contributed by atoms with Gasteiger partial charge >= 0.3 is 5.97 Å². The Hall–Kier alpha value is -3.69. The number of esters is 1. The molecule has 0 aliphatic rings. The zero-order valence-corrected chi connectivity index (χ0v) is 26.8. The zero-order chi connectivity index (χ0) is 31.9. The van der Waals surface area contributed by atoms with Crippen molar-refractivity contribution in [2.75, 3.05) is 24.7 Å². The van der Waals surface area contributed by atoms with Crippen molar-refractivity contribution < 1.29 is 24.2 Å². The molecular formula is C28H40N8O5S2. The van der Waals surface area contributed by atoms with E-state index < -0.39 is 0 Å². The molecule has 5 N–H and O–H groups in total. The molecule has 2 amide bonds. The minimum Gasteiger partial charge on any atom is -0.465 e. The van der Waals surface area contributed by atoms with E-state index in [4.69, 9.17) is 16.2 Å². The number of carbonyl (C=O) groups excluding carboxylic acids is 3. The summed E-state index contributed by atoms with van der Waals surface area (Å²) in [5, 5.41) is 9.82. The van der Waals surface area contributed by atoms with Gasteiger partial charge in [0, 0.05) is 70.6 Å². The number of aromatic nitrogens is 4. The van der Waals surface area contributed by atoms with Crippen LogP contribution in [0.4, 0.5) is 11.6 Å². The Morgan fingerprint density at radius 1 is 0.884 bits per heavy atom. The van der Waals surface area contributed by atoms with Crippen LogP contribution in [-0.4, -0.2) is 66.8 Å². The summed E-state index contributed by atoms with van der Waals surface area (Å²) in [7, 11) is 2.70. The maximum atomic E-state index is 12.2. The molecule has 0 radical (unpaired) electrons. The van der Waals surface area contributed by atoms with E-state index >= 15 is 0 Å². The first-order valence-corrected chi connectivity index (χ1v) is 15.8. The van der Waals surface area contributed by atoms with Crippen LogP contribution >= 0.6 is 21.6 Å². The Morgan fingerprint density at radius 3 is 1.74 bits per heavy atom. The Balaban J connectivity index is 2.37. The molecule has 2 aromatic rings. The summed E-state index contributed by atoms with van der Waals surface area (Å²) in [6, 6.07) is 0. The number of hydrogen-bond donors (Lipinski definition) is 3. The second kappa shape index (κ2) is 18.1. The van der Waals surface area contributed by atoms with Crippen molar-refractivity contribution in [3.63, 3.8) is 0 Å². The van der Waals surface area contributed by atoms with Gasteiger partial charge in [0.1, 0.15) is 23.3 Å². The number of aliphatic hydroxyl groups is 1. The molecule has 0 spiro atoms. The van der Waals surface area contributed by atoms with Crippen molar-refractivity contribution >= 4 is 52.0 Å². The van der Waals surface area contributed by atoms with Crippen molar-refractivity contribution in [3.05, 3.63) is 56.4 Å². The van der Waals surface area contributed by atoms with E-state index in [0.29, 0.717) is 66.3 Å². The molecule has 2 rings (SSSR count). The number of nitrogen functional groups attached to an aromatic ring is 2. The van der Waals surface area contributed by atoms with Crippen LogP contribution in [0.1, 0.15) is 69.2 Å². The van der Waals surface area contributed by atoms with Gasteiger partial charge in [-0.3, -0.25) is 14.4 Å². The summed E-state index contributed by atoms with van der Waals surface area (Å²) >= 11 is 0. The van der Waals surface area contributed by atoms with E-state index in [9.17, 15) is 19.5 Å². The normalized spacial score (nSPS) is 12.2. The number of aliphatic hydroxyl groups excluding tert-OH is 1. The predicted octanol–water partition coefficient (Wildman–Crippen LogP) is 3.63. The predicted molar refractivity (Wildman–Crippen MR) is 168 cm³/mol. The summed E-state index contributed by atoms with van der Waals surface area (Å²) in [6.07, 6.45) is 6.15. The van der Waals surface area contributed by atoms with Crippen LogP contribution in [0, 0.1) is 13.8 Å². The number of ether oxygens (including phenoxy) is 1. The van der Waals surface area contributed by atoms with Gasteiger partial charge < -0.3 is 31.1 Å². The van der Waals surface area contributed by atoms with Gasteiger partial charge in [-0.2, -0.15) is 0 Å². The first-order chi connectivity index (χ1) is 20.5. The van der Waals surface area contributed by atoms with Gasteiger partial charge in [0.05, 0.1) is 19.7 Å². The number of anilines is 2. The molecule has 0 unspecified atom stereocenters. The van der Waals surface area contributed by atoms with E-state index in [1.807, 2.05) is 6.92 Å². The van der Waals surface area contributed by atoms with Crippen LogP contribution in [-0.2, 0) is 32.2 Å². The SMILES string of the molecule is CCCC(=O)OCCC(SSC(CCO)=C(C)N(C=O)Cc1cnc(C)nc1N)=C(C)N(C=O)Cc1cnc(C)nc1N. The van der Waals surface area contributed by atoms with Gasteiger partial charge in [-0.15, -0.1) is 0 Å². The Labute approximate surface area is 260 Å². The molecule has 0 bridgehead atoms. The van der Waals surface area contributed by atoms with Crippen LogP contribution in [0.2, 0.25) is 0 Å². The fourth-order valence-electron chi connectivity index (χ4n) is 3.73. The Kier molecular flexibility index (Phi) is 14.9. The highest BCUT2D eigenvalue weighted by atomic mass is 33.1. The fourth-order valence-corrected chi connectivity index (χ4v) is 6.57. The maximum absolute atomic E-state index is 12.2. The molecule has 15 heteroatoms. The number of aryl methyl sites for hydroxylation is 2. The van der Waals surface area contributed by atoms with Crippen molar-refractivity contribution in [1.82, 2.24) is 29.7 Å². The van der Waals surface area contributed by atoms with Crippen LogP contribution in [0.15, 0.2) is 33.6 Å². The van der Waals surface area contributed by atoms with E-state index in [0.717, 1.165) is 9.81 Å². The van der Waals surface area contributed by atoms with E-state index in [1.54, 1.807) is 40.1 Å². The van der Waals surface area contributed by atoms with E-state index in [1.165, 1.54) is 31.4 Å². The van der Waals surface area contributed by atoms with Gasteiger partial charge in [-0.25, -0.2) is 19.9 Å². The maximum Gasteiger partial charge on any atom is 0.305 e. The summed E-state index contributed by atoms with van der Waals surface area (Å²) in [4.78, 5) is 57.4. The van der Waals surface area contributed by atoms with Gasteiger partial charge in [-0.1, -0.05) is 28.5 Å². The molecule has 0 saturated heterocycles. The molecule has 2 aromatic heterocycles. The van der Waals surface area contributed by atoms with Crippen molar-refractivity contribution in [1.29, 1.82) is 0 Å². The molecular weight excluding hydrogens is 592 g/mol. The molecule has 0 aliphatic carbocycles. The topological polar surface area (TPSA) is 191 Å². The number of allylic oxidation sites excluding steroid dienone is 2. The largest absolute Gasteiger partial charge is 0.465 e. The fraction of sp³-hybridized carbons (Fsp3) is 0.464. The summed E-state index contributed by atoms with van der Waals surface area (Å²) in [5.41, 5.74) is 14.5. The van der Waals surface area contributed by atoms with Crippen LogP contribution < -0.4 is 11.5 Å². The van der Waals surface area contributed by atoms with Crippen LogP contribution in [0.3, 0.4) is 0 Å². The molecule has 0 aromatic carbocycles. The minimum absolute atomic E-state index is 0.118. The lowest BCUT2D eigenvalue weighted by Crippen LogP contribution is -2.22. The second-order valence-electron chi connectivity index (χ2n) is 9.50. The van der Waals surface area contributed by atoms with Crippen molar-refractivity contribution in [2.24, 2.45) is 0 Å². The van der Waals surface area contributed by atoms with Gasteiger partial charge in [0.2, 0.25) is 12.8 Å². The molecule has 0 saturated carbocycles. The molecule has 0 atom stereocenters. The van der Waals surface area contributed by atoms with Gasteiger partial charge in [0.25, 0.3) is 0 Å². The molecule has 0 fully saturated rings. The molecule has 0 aliphatic heterocycles. The standard InChI is InChI=1S/C28H40N8O5S2/c1-6-7-26(40)41-11-9-25(19(3)36(17-39)15-23-13-32-21(5)34-28(23)30)43-42-24(8-10-37)18(2)35(16-38)14-22-12-31-20(4)33-27(22)29/h12-13,16-17,37H,6-11,14-15H2,1-5H3,(H2,29,31,33)(H2,30,32,34). The van der Waals surface area contributed by atoms with Crippen molar-refractivity contribution in [3.8, 4) is 0 Å². The molecule has 234 valence electrons. The molecule has 43 heavy (non-hydrogen) atoms. The van der Waals surface area contributed by atoms with Crippen LogP contribution in [0.25, 0.3) is 0 Å². The highest BCUT2D eigenvalue weighted by Gasteiger charge is 2.19. The lowest BCUT2D eigenvalue weighted by Gasteiger charge is -2.24. The molecule has 13 nitrogen and oxygen atoms in total.